The number of ether oxygens (including phenoxy) is 2. The number of unbranched alkanes of at least 4 members (excludes halogenated alkanes) is 4. The number of amides is 2. The number of nitrogens with one attached hydrogen (secondary N) is 1. The number of aliphatic hydroxyl groups is 3. The van der Waals surface area contributed by atoms with Gasteiger partial charge in [-0.1, -0.05) is 32.6 Å². The predicted molar refractivity (Wildman–Crippen MR) is 170 cm³/mol. The van der Waals surface area contributed by atoms with E-state index in [1.807, 2.05) is 4.90 Å². The molecule has 4 saturated carbocycles. The average Bonchev–Trinajstić information content (AvgIpc) is 3.41. The summed E-state index contributed by atoms with van der Waals surface area (Å²) < 4.78 is 12.1. The van der Waals surface area contributed by atoms with Crippen LogP contribution in [0.1, 0.15) is 101 Å². The summed E-state index contributed by atoms with van der Waals surface area (Å²) in [6, 6.07) is 2.78. The Morgan fingerprint density at radius 1 is 1.04 bits per heavy atom. The first-order chi connectivity index (χ1) is 21.8. The smallest absolute Gasteiger partial charge is 0.247 e. The molecule has 0 aromatic heterocycles. The first-order valence-electron chi connectivity index (χ1n) is 17.4. The van der Waals surface area contributed by atoms with Gasteiger partial charge in [0.05, 0.1) is 32.3 Å². The van der Waals surface area contributed by atoms with Gasteiger partial charge in [-0.25, -0.2) is 0 Å². The minimum absolute atomic E-state index is 0.0340. The molecular formula is C36H52N2O7. The van der Waals surface area contributed by atoms with E-state index in [1.54, 1.807) is 18.2 Å². The maximum Gasteiger partial charge on any atom is 0.247 e. The minimum atomic E-state index is -1.07. The molecular weight excluding hydrogens is 572 g/mol. The van der Waals surface area contributed by atoms with Gasteiger partial charge in [-0.3, -0.25) is 9.59 Å². The summed E-state index contributed by atoms with van der Waals surface area (Å²) in [7, 11) is 1.53. The Morgan fingerprint density at radius 2 is 1.73 bits per heavy atom. The molecule has 7 rings (SSSR count). The second kappa shape index (κ2) is 13.6. The van der Waals surface area contributed by atoms with Crippen molar-refractivity contribution < 1.29 is 34.4 Å². The van der Waals surface area contributed by atoms with E-state index in [9.17, 15) is 24.9 Å². The number of aliphatic hydroxyl groups excluding tert-OH is 3. The maximum absolute atomic E-state index is 14.3. The minimum Gasteiger partial charge on any atom is -0.493 e. The van der Waals surface area contributed by atoms with Gasteiger partial charge in [0.2, 0.25) is 11.8 Å². The normalized spacial score (nSPS) is 32.4. The molecule has 4 N–H and O–H groups in total. The largest absolute Gasteiger partial charge is 0.493 e. The second-order valence-corrected chi connectivity index (χ2v) is 14.6. The van der Waals surface area contributed by atoms with Crippen molar-refractivity contribution >= 4 is 11.8 Å². The third-order valence-corrected chi connectivity index (χ3v) is 11.3. The number of fused-ring (bicyclic) bond motifs is 3. The van der Waals surface area contributed by atoms with Crippen LogP contribution in [0.3, 0.4) is 0 Å². The molecule has 9 heteroatoms. The molecule has 4 atom stereocenters. The van der Waals surface area contributed by atoms with Crippen LogP contribution in [0, 0.1) is 23.2 Å². The van der Waals surface area contributed by atoms with Gasteiger partial charge in [0.15, 0.2) is 11.5 Å². The Balaban J connectivity index is 1.36. The number of carbonyl (C=O) groups is 2. The van der Waals surface area contributed by atoms with Crippen molar-refractivity contribution in [3.8, 4) is 11.5 Å². The van der Waals surface area contributed by atoms with Crippen molar-refractivity contribution in [1.82, 2.24) is 10.2 Å². The number of hydrogen-bond acceptors (Lipinski definition) is 7. The van der Waals surface area contributed by atoms with Gasteiger partial charge in [0, 0.05) is 30.6 Å². The average molecular weight is 625 g/mol. The highest BCUT2D eigenvalue weighted by Gasteiger charge is 2.55. The molecule has 5 aliphatic carbocycles. The molecule has 2 amide bonds. The van der Waals surface area contributed by atoms with Crippen molar-refractivity contribution in [2.24, 2.45) is 23.2 Å². The van der Waals surface area contributed by atoms with Crippen LogP contribution in [0.2, 0.25) is 0 Å². The highest BCUT2D eigenvalue weighted by Crippen LogP contribution is 2.60. The van der Waals surface area contributed by atoms with Gasteiger partial charge in [-0.05, 0) is 91.9 Å². The van der Waals surface area contributed by atoms with Crippen molar-refractivity contribution in [1.29, 1.82) is 0 Å². The lowest BCUT2D eigenvalue weighted by molar-refractivity contribution is -0.145. The van der Waals surface area contributed by atoms with Crippen LogP contribution in [0.25, 0.3) is 0 Å². The van der Waals surface area contributed by atoms with Crippen LogP contribution >= 0.6 is 0 Å². The quantitative estimate of drug-likeness (QED) is 0.228. The molecule has 1 heterocycles. The van der Waals surface area contributed by atoms with Gasteiger partial charge in [-0.15, -0.1) is 0 Å². The van der Waals surface area contributed by atoms with Gasteiger partial charge < -0.3 is 35.0 Å². The zero-order valence-electron chi connectivity index (χ0n) is 27.0. The Morgan fingerprint density at radius 3 is 2.36 bits per heavy atom. The third kappa shape index (κ3) is 6.37. The Labute approximate surface area is 267 Å². The fourth-order valence-electron chi connectivity index (χ4n) is 9.85. The van der Waals surface area contributed by atoms with E-state index in [2.05, 4.69) is 12.2 Å². The standard InChI is InChI=1S/C36H52N2O7/c1-3-4-5-6-7-8-30(41)38(21-36-17-22-11-23(18-36)13-24(12-22)19-36)28-16-27(35(43)37-9-10-39)31-26-14-25(20-40)15-29(44-2)33(26)45-34(31)32(28)42/h14-16,22-24,28,31-32,34,39-40,42H,3-13,17-21H2,1-2H3,(H,37,43). The SMILES string of the molecule is CCCCCCCC(=O)N(CC12CC3CC(CC(C3)C1)C2)C1C=C(C(=O)NCCO)C2c3cc(CO)cc(OC)c3OC2C1O. The van der Waals surface area contributed by atoms with Crippen LogP contribution in [0.15, 0.2) is 23.8 Å². The van der Waals surface area contributed by atoms with E-state index in [-0.39, 0.29) is 37.0 Å². The lowest BCUT2D eigenvalue weighted by Gasteiger charge is -2.58. The topological polar surface area (TPSA) is 129 Å². The number of benzene rings is 1. The molecule has 0 spiro atoms. The van der Waals surface area contributed by atoms with Crippen LogP contribution in [-0.2, 0) is 16.2 Å². The van der Waals surface area contributed by atoms with Gasteiger partial charge in [-0.2, -0.15) is 0 Å². The lowest BCUT2D eigenvalue weighted by atomic mass is 9.49. The van der Waals surface area contributed by atoms with Crippen molar-refractivity contribution in [2.45, 2.75) is 115 Å². The summed E-state index contributed by atoms with van der Waals surface area (Å²) in [6.07, 6.45) is 12.8. The lowest BCUT2D eigenvalue weighted by Crippen LogP contribution is -2.59. The number of nitrogens with zero attached hydrogens (tertiary/aromatic N) is 1. The van der Waals surface area contributed by atoms with Crippen LogP contribution in [-0.4, -0.2) is 77.1 Å². The van der Waals surface area contributed by atoms with Crippen LogP contribution < -0.4 is 14.8 Å². The van der Waals surface area contributed by atoms with Gasteiger partial charge in [0.25, 0.3) is 0 Å². The maximum atomic E-state index is 14.3. The summed E-state index contributed by atoms with van der Waals surface area (Å²) in [6.45, 7) is 2.44. The highest BCUT2D eigenvalue weighted by atomic mass is 16.5. The van der Waals surface area contributed by atoms with E-state index in [0.717, 1.165) is 69.1 Å². The van der Waals surface area contributed by atoms with Gasteiger partial charge >= 0.3 is 0 Å². The molecule has 0 radical (unpaired) electrons. The molecule has 0 saturated heterocycles. The molecule has 4 unspecified atom stereocenters. The number of methoxy groups -OCH3 is 1. The summed E-state index contributed by atoms with van der Waals surface area (Å²) in [4.78, 5) is 29.9. The zero-order valence-corrected chi connectivity index (χ0v) is 27.0. The van der Waals surface area contributed by atoms with Crippen molar-refractivity contribution in [2.75, 3.05) is 26.8 Å². The second-order valence-electron chi connectivity index (χ2n) is 14.6. The molecule has 1 aliphatic heterocycles. The third-order valence-electron chi connectivity index (χ3n) is 11.3. The predicted octanol–water partition coefficient (Wildman–Crippen LogP) is 4.22. The molecule has 6 aliphatic rings. The summed E-state index contributed by atoms with van der Waals surface area (Å²) in [5.74, 6) is 2.10. The molecule has 4 bridgehead atoms. The molecule has 4 fully saturated rings. The Bertz CT molecular complexity index is 1240. The Kier molecular flexibility index (Phi) is 9.79. The van der Waals surface area contributed by atoms with Gasteiger partial charge in [0.1, 0.15) is 12.2 Å². The number of rotatable bonds is 14. The van der Waals surface area contributed by atoms with E-state index < -0.39 is 24.2 Å². The Hall–Kier alpha value is -2.62. The molecule has 45 heavy (non-hydrogen) atoms. The molecule has 1 aromatic carbocycles. The first-order valence-corrected chi connectivity index (χ1v) is 17.4. The summed E-state index contributed by atoms with van der Waals surface area (Å²) >= 11 is 0. The molecule has 1 aromatic rings. The zero-order chi connectivity index (χ0) is 31.7. The van der Waals surface area contributed by atoms with Crippen LogP contribution in [0.5, 0.6) is 11.5 Å². The van der Waals surface area contributed by atoms with Crippen molar-refractivity contribution in [3.63, 3.8) is 0 Å². The monoisotopic (exact) mass is 624 g/mol. The fourth-order valence-corrected chi connectivity index (χ4v) is 9.85. The highest BCUT2D eigenvalue weighted by molar-refractivity contribution is 5.96. The first kappa shape index (κ1) is 32.3. The van der Waals surface area contributed by atoms with E-state index in [4.69, 9.17) is 9.47 Å². The molecule has 9 nitrogen and oxygen atoms in total. The number of carbonyl (C=O) groups excluding carboxylic acids is 2. The molecule has 248 valence electrons. The van der Waals surface area contributed by atoms with E-state index >= 15 is 0 Å². The van der Waals surface area contributed by atoms with Crippen LogP contribution in [0.4, 0.5) is 0 Å². The van der Waals surface area contributed by atoms with Crippen molar-refractivity contribution in [3.05, 3.63) is 34.9 Å². The van der Waals surface area contributed by atoms with E-state index in [1.165, 1.54) is 26.4 Å². The summed E-state index contributed by atoms with van der Waals surface area (Å²) in [5, 5.41) is 34.4. The number of hydrogen-bond donors (Lipinski definition) is 4. The summed E-state index contributed by atoms with van der Waals surface area (Å²) in [5.41, 5.74) is 1.74. The van der Waals surface area contributed by atoms with E-state index in [0.29, 0.717) is 41.2 Å². The fraction of sp³-hybridized carbons (Fsp3) is 0.722.